The summed E-state index contributed by atoms with van der Waals surface area (Å²) in [6.07, 6.45) is 1.45. The number of pyridine rings is 1. The maximum Gasteiger partial charge on any atom is 0.251 e. The molecule has 0 bridgehead atoms. The molecule has 3 rings (SSSR count). The van der Waals surface area contributed by atoms with E-state index in [0.717, 1.165) is 34.2 Å². The van der Waals surface area contributed by atoms with Crippen LogP contribution in [0.25, 0.3) is 10.9 Å². The lowest BCUT2D eigenvalue weighted by molar-refractivity contribution is -0.121. The van der Waals surface area contributed by atoms with Crippen molar-refractivity contribution < 1.29 is 9.53 Å². The number of H-pyrrole nitrogens is 1. The molecule has 0 atom stereocenters. The molecule has 5 heteroatoms. The number of benzene rings is 2. The SMILES string of the molecule is COc1cccc(CCNC(=O)CCc2cc3ccc(C)cc3[nH]c2=O)c1. The van der Waals surface area contributed by atoms with Gasteiger partial charge >= 0.3 is 0 Å². The molecule has 0 fully saturated rings. The van der Waals surface area contributed by atoms with Crippen molar-refractivity contribution in [1.29, 1.82) is 0 Å². The maximum absolute atomic E-state index is 12.2. The number of rotatable bonds is 7. The van der Waals surface area contributed by atoms with Crippen molar-refractivity contribution in [2.24, 2.45) is 0 Å². The number of ether oxygens (including phenoxy) is 1. The van der Waals surface area contributed by atoms with Crippen molar-refractivity contribution in [1.82, 2.24) is 10.3 Å². The molecule has 2 N–H and O–H groups in total. The van der Waals surface area contributed by atoms with Gasteiger partial charge in [-0.3, -0.25) is 9.59 Å². The second kappa shape index (κ2) is 8.54. The summed E-state index contributed by atoms with van der Waals surface area (Å²) in [4.78, 5) is 27.2. The summed E-state index contributed by atoms with van der Waals surface area (Å²) >= 11 is 0. The molecule has 3 aromatic rings. The molecule has 0 radical (unpaired) electrons. The van der Waals surface area contributed by atoms with Crippen molar-refractivity contribution in [3.8, 4) is 5.75 Å². The van der Waals surface area contributed by atoms with Crippen LogP contribution in [-0.4, -0.2) is 24.5 Å². The normalized spacial score (nSPS) is 10.7. The third kappa shape index (κ3) is 4.97. The number of hydrogen-bond acceptors (Lipinski definition) is 3. The minimum atomic E-state index is -0.128. The lowest BCUT2D eigenvalue weighted by Gasteiger charge is -2.07. The monoisotopic (exact) mass is 364 g/mol. The molecule has 1 heterocycles. The minimum Gasteiger partial charge on any atom is -0.497 e. The number of aromatic nitrogens is 1. The number of methoxy groups -OCH3 is 1. The quantitative estimate of drug-likeness (QED) is 0.677. The van der Waals surface area contributed by atoms with Gasteiger partial charge in [-0.25, -0.2) is 0 Å². The molecule has 1 aromatic heterocycles. The lowest BCUT2D eigenvalue weighted by atomic mass is 10.1. The minimum absolute atomic E-state index is 0.0544. The van der Waals surface area contributed by atoms with Crippen molar-refractivity contribution in [2.45, 2.75) is 26.2 Å². The van der Waals surface area contributed by atoms with Gasteiger partial charge in [-0.15, -0.1) is 0 Å². The van der Waals surface area contributed by atoms with Gasteiger partial charge in [-0.1, -0.05) is 24.3 Å². The zero-order valence-electron chi connectivity index (χ0n) is 15.7. The van der Waals surface area contributed by atoms with Crippen molar-refractivity contribution in [3.63, 3.8) is 0 Å². The highest BCUT2D eigenvalue weighted by Gasteiger charge is 2.07. The third-order valence-corrected chi connectivity index (χ3v) is 4.57. The smallest absolute Gasteiger partial charge is 0.251 e. The first kappa shape index (κ1) is 18.7. The van der Waals surface area contributed by atoms with Crippen LogP contribution in [0, 0.1) is 6.92 Å². The fourth-order valence-corrected chi connectivity index (χ4v) is 3.06. The summed E-state index contributed by atoms with van der Waals surface area (Å²) in [5.74, 6) is 0.755. The summed E-state index contributed by atoms with van der Waals surface area (Å²) < 4.78 is 5.20. The number of aromatic amines is 1. The molecule has 0 saturated heterocycles. The van der Waals surface area contributed by atoms with Crippen LogP contribution < -0.4 is 15.6 Å². The van der Waals surface area contributed by atoms with Crippen LogP contribution in [0.5, 0.6) is 5.75 Å². The van der Waals surface area contributed by atoms with Gasteiger partial charge in [0.05, 0.1) is 7.11 Å². The molecule has 140 valence electrons. The average Bonchev–Trinajstić information content (AvgIpc) is 2.66. The standard InChI is InChI=1S/C22H24N2O3/c1-15-6-7-17-14-18(22(26)24-20(17)12-15)8-9-21(25)23-11-10-16-4-3-5-19(13-16)27-2/h3-7,12-14H,8-11H2,1-2H3,(H,23,25)(H,24,26). The predicted molar refractivity (Wildman–Crippen MR) is 107 cm³/mol. The first-order valence-electron chi connectivity index (χ1n) is 9.07. The number of aryl methyl sites for hydroxylation is 2. The van der Waals surface area contributed by atoms with Crippen LogP contribution in [0.2, 0.25) is 0 Å². The third-order valence-electron chi connectivity index (χ3n) is 4.57. The lowest BCUT2D eigenvalue weighted by Crippen LogP contribution is -2.26. The van der Waals surface area contributed by atoms with Gasteiger partial charge in [-0.05, 0) is 60.5 Å². The Morgan fingerprint density at radius 1 is 1.11 bits per heavy atom. The van der Waals surface area contributed by atoms with E-state index in [0.29, 0.717) is 24.9 Å². The summed E-state index contributed by atoms with van der Waals surface area (Å²) in [6.45, 7) is 2.54. The van der Waals surface area contributed by atoms with Gasteiger partial charge in [0.15, 0.2) is 0 Å². The number of amides is 1. The molecule has 0 aliphatic carbocycles. The topological polar surface area (TPSA) is 71.2 Å². The second-order valence-corrected chi connectivity index (χ2v) is 6.67. The van der Waals surface area contributed by atoms with E-state index in [2.05, 4.69) is 10.3 Å². The fourth-order valence-electron chi connectivity index (χ4n) is 3.06. The first-order valence-corrected chi connectivity index (χ1v) is 9.07. The zero-order chi connectivity index (χ0) is 19.2. The van der Waals surface area contributed by atoms with E-state index in [1.165, 1.54) is 0 Å². The zero-order valence-corrected chi connectivity index (χ0v) is 15.7. The van der Waals surface area contributed by atoms with Crippen LogP contribution in [0.15, 0.2) is 53.3 Å². The van der Waals surface area contributed by atoms with Crippen molar-refractivity contribution in [2.75, 3.05) is 13.7 Å². The molecule has 27 heavy (non-hydrogen) atoms. The Balaban J connectivity index is 1.53. The summed E-state index contributed by atoms with van der Waals surface area (Å²) in [6, 6.07) is 15.6. The largest absolute Gasteiger partial charge is 0.497 e. The van der Waals surface area contributed by atoms with E-state index < -0.39 is 0 Å². The van der Waals surface area contributed by atoms with Gasteiger partial charge in [-0.2, -0.15) is 0 Å². The Hall–Kier alpha value is -3.08. The fraction of sp³-hybridized carbons (Fsp3) is 0.273. The summed E-state index contributed by atoms with van der Waals surface area (Å²) in [5, 5.41) is 3.89. The van der Waals surface area contributed by atoms with Crippen LogP contribution in [0.4, 0.5) is 0 Å². The number of carbonyl (C=O) groups is 1. The predicted octanol–water partition coefficient (Wildman–Crippen LogP) is 3.14. The van der Waals surface area contributed by atoms with E-state index in [1.807, 2.05) is 55.5 Å². The van der Waals surface area contributed by atoms with Crippen LogP contribution >= 0.6 is 0 Å². The van der Waals surface area contributed by atoms with Gasteiger partial charge in [0, 0.05) is 24.0 Å². The Bertz CT molecular complexity index is 1010. The highest BCUT2D eigenvalue weighted by Crippen LogP contribution is 2.14. The van der Waals surface area contributed by atoms with E-state index in [9.17, 15) is 9.59 Å². The molecular formula is C22H24N2O3. The Morgan fingerprint density at radius 2 is 1.96 bits per heavy atom. The number of fused-ring (bicyclic) bond motifs is 1. The summed E-state index contributed by atoms with van der Waals surface area (Å²) in [5.41, 5.74) is 3.54. The average molecular weight is 364 g/mol. The molecule has 1 amide bonds. The van der Waals surface area contributed by atoms with E-state index in [4.69, 9.17) is 4.74 Å². The molecular weight excluding hydrogens is 340 g/mol. The molecule has 2 aromatic carbocycles. The molecule has 0 aliphatic rings. The second-order valence-electron chi connectivity index (χ2n) is 6.67. The Labute approximate surface area is 158 Å². The van der Waals surface area contributed by atoms with Crippen LogP contribution in [-0.2, 0) is 17.6 Å². The van der Waals surface area contributed by atoms with Crippen molar-refractivity contribution in [3.05, 3.63) is 75.6 Å². The maximum atomic E-state index is 12.2. The highest BCUT2D eigenvalue weighted by molar-refractivity contribution is 5.80. The molecule has 0 spiro atoms. The Morgan fingerprint density at radius 3 is 2.78 bits per heavy atom. The van der Waals surface area contributed by atoms with Gasteiger partial charge in [0.2, 0.25) is 5.91 Å². The van der Waals surface area contributed by atoms with Gasteiger partial charge < -0.3 is 15.0 Å². The number of hydrogen-bond donors (Lipinski definition) is 2. The molecule has 0 saturated carbocycles. The van der Waals surface area contributed by atoms with Crippen molar-refractivity contribution >= 4 is 16.8 Å². The van der Waals surface area contributed by atoms with E-state index in [-0.39, 0.29) is 11.5 Å². The van der Waals surface area contributed by atoms with E-state index in [1.54, 1.807) is 7.11 Å². The first-order chi connectivity index (χ1) is 13.0. The van der Waals surface area contributed by atoms with Crippen LogP contribution in [0.1, 0.15) is 23.1 Å². The van der Waals surface area contributed by atoms with Gasteiger partial charge in [0.1, 0.15) is 5.75 Å². The van der Waals surface area contributed by atoms with Crippen LogP contribution in [0.3, 0.4) is 0 Å². The molecule has 0 unspecified atom stereocenters. The number of carbonyl (C=O) groups excluding carboxylic acids is 1. The highest BCUT2D eigenvalue weighted by atomic mass is 16.5. The molecule has 5 nitrogen and oxygen atoms in total. The summed E-state index contributed by atoms with van der Waals surface area (Å²) in [7, 11) is 1.64. The molecule has 0 aliphatic heterocycles. The van der Waals surface area contributed by atoms with E-state index >= 15 is 0 Å². The number of nitrogens with one attached hydrogen (secondary N) is 2. The van der Waals surface area contributed by atoms with Gasteiger partial charge in [0.25, 0.3) is 5.56 Å². The Kier molecular flexibility index (Phi) is 5.91.